The molecule has 0 saturated carbocycles. The molecule has 0 bridgehead atoms. The number of thiol groups is 1. The summed E-state index contributed by atoms with van der Waals surface area (Å²) in [4.78, 5) is 13.4. The summed E-state index contributed by atoms with van der Waals surface area (Å²) in [7, 11) is 0. The first kappa shape index (κ1) is 26.8. The summed E-state index contributed by atoms with van der Waals surface area (Å²) in [5, 5.41) is 4.19. The van der Waals surface area contributed by atoms with Crippen LogP contribution in [0.25, 0.3) is 11.0 Å². The largest absolute Gasteiger partial charge is 0.494 e. The quantitative estimate of drug-likeness (QED) is 0.118. The molecule has 0 fully saturated rings. The van der Waals surface area contributed by atoms with Gasteiger partial charge >= 0.3 is 0 Å². The van der Waals surface area contributed by atoms with E-state index in [9.17, 15) is 4.79 Å². The minimum Gasteiger partial charge on any atom is -0.494 e. The van der Waals surface area contributed by atoms with Gasteiger partial charge in [0.25, 0.3) is 0 Å². The summed E-state index contributed by atoms with van der Waals surface area (Å²) in [6, 6.07) is 12.8. The first-order valence-corrected chi connectivity index (χ1v) is 12.8. The van der Waals surface area contributed by atoms with Gasteiger partial charge < -0.3 is 20.2 Å². The van der Waals surface area contributed by atoms with Gasteiger partial charge in [-0.05, 0) is 81.1 Å². The molecule has 0 unspecified atom stereocenters. The van der Waals surface area contributed by atoms with Crippen molar-refractivity contribution in [2.45, 2.75) is 52.4 Å². The van der Waals surface area contributed by atoms with Crippen LogP contribution in [0.1, 0.15) is 67.6 Å². The number of nitrogens with two attached hydrogens (primary N) is 1. The van der Waals surface area contributed by atoms with Crippen LogP contribution in [0.4, 0.5) is 5.69 Å². The second kappa shape index (κ2) is 14.7. The Labute approximate surface area is 203 Å². The fourth-order valence-corrected chi connectivity index (χ4v) is 3.59. The van der Waals surface area contributed by atoms with Gasteiger partial charge in [-0.15, -0.1) is 0 Å². The molecular weight excluding hydrogens is 432 g/mol. The highest BCUT2D eigenvalue weighted by molar-refractivity contribution is 7.79. The highest BCUT2D eigenvalue weighted by atomic mass is 32.1. The van der Waals surface area contributed by atoms with E-state index >= 15 is 0 Å². The van der Waals surface area contributed by atoms with E-state index in [1.54, 1.807) is 12.3 Å². The van der Waals surface area contributed by atoms with Gasteiger partial charge in [0.2, 0.25) is 0 Å². The maximum absolute atomic E-state index is 13.4. The number of nitrogen functional groups attached to an aromatic ring is 1. The fourth-order valence-electron chi connectivity index (χ4n) is 3.59. The second-order valence-electron chi connectivity index (χ2n) is 7.92. The molecule has 1 aromatic heterocycles. The number of fused-ring (bicyclic) bond motifs is 1. The first-order chi connectivity index (χ1) is 16.1. The number of anilines is 1. The lowest BCUT2D eigenvalue weighted by molar-refractivity contribution is 0.103. The molecule has 0 aliphatic carbocycles. The third-order valence-corrected chi connectivity index (χ3v) is 5.36. The molecular formula is C27H38N2O3S. The molecule has 0 amide bonds. The van der Waals surface area contributed by atoms with Crippen molar-refractivity contribution >= 4 is 35.1 Å². The number of hydrogen-bond donors (Lipinski definition) is 3. The Morgan fingerprint density at radius 3 is 2.39 bits per heavy atom. The summed E-state index contributed by atoms with van der Waals surface area (Å²) in [6.07, 6.45) is 7.79. The Kier molecular flexibility index (Phi) is 11.9. The Hall–Kier alpha value is -2.44. The van der Waals surface area contributed by atoms with Crippen LogP contribution in [0.15, 0.2) is 46.9 Å². The number of unbranched alkanes of at least 4 members (excludes halogenated alkanes) is 2. The van der Waals surface area contributed by atoms with Gasteiger partial charge in [-0.3, -0.25) is 4.79 Å². The summed E-state index contributed by atoms with van der Waals surface area (Å²) in [6.45, 7) is 6.98. The van der Waals surface area contributed by atoms with Gasteiger partial charge in [-0.2, -0.15) is 12.6 Å². The lowest BCUT2D eigenvalue weighted by Crippen LogP contribution is -2.18. The van der Waals surface area contributed by atoms with Gasteiger partial charge in [0.05, 0.1) is 12.2 Å². The zero-order chi connectivity index (χ0) is 24.1. The highest BCUT2D eigenvalue weighted by Crippen LogP contribution is 2.31. The molecule has 1 heterocycles. The Bertz CT molecular complexity index is 983. The molecule has 2 aromatic carbocycles. The molecule has 180 valence electrons. The van der Waals surface area contributed by atoms with Crippen molar-refractivity contribution in [3.63, 3.8) is 0 Å². The van der Waals surface area contributed by atoms with Crippen LogP contribution in [0.5, 0.6) is 5.75 Å². The van der Waals surface area contributed by atoms with Crippen LogP contribution >= 0.6 is 12.6 Å². The van der Waals surface area contributed by atoms with Crippen molar-refractivity contribution in [3.05, 3.63) is 59.4 Å². The third kappa shape index (κ3) is 7.83. The van der Waals surface area contributed by atoms with Crippen LogP contribution in [-0.4, -0.2) is 31.7 Å². The van der Waals surface area contributed by atoms with Crippen LogP contribution in [0, 0.1) is 0 Å². The minimum absolute atomic E-state index is 0.0397. The van der Waals surface area contributed by atoms with E-state index in [4.69, 9.17) is 14.9 Å². The van der Waals surface area contributed by atoms with Crippen LogP contribution in [0.2, 0.25) is 0 Å². The van der Waals surface area contributed by atoms with Crippen molar-refractivity contribution in [2.75, 3.05) is 31.7 Å². The second-order valence-corrected chi connectivity index (χ2v) is 7.92. The number of ether oxygens (including phenoxy) is 1. The number of aryl methyl sites for hydroxylation is 1. The van der Waals surface area contributed by atoms with Gasteiger partial charge in [-0.1, -0.05) is 26.7 Å². The van der Waals surface area contributed by atoms with E-state index in [-0.39, 0.29) is 5.78 Å². The van der Waals surface area contributed by atoms with Crippen molar-refractivity contribution in [2.24, 2.45) is 0 Å². The van der Waals surface area contributed by atoms with Gasteiger partial charge in [0, 0.05) is 23.1 Å². The van der Waals surface area contributed by atoms with E-state index in [1.807, 2.05) is 36.4 Å². The average molecular weight is 471 g/mol. The molecule has 0 atom stereocenters. The predicted octanol–water partition coefficient (Wildman–Crippen LogP) is 6.29. The summed E-state index contributed by atoms with van der Waals surface area (Å²) in [5.41, 5.74) is 8.56. The van der Waals surface area contributed by atoms with E-state index in [0.717, 1.165) is 55.7 Å². The predicted molar refractivity (Wildman–Crippen MR) is 142 cm³/mol. The van der Waals surface area contributed by atoms with Gasteiger partial charge in [0.15, 0.2) is 5.78 Å². The smallest absolute Gasteiger partial charge is 0.197 e. The minimum atomic E-state index is -0.0397. The molecule has 5 nitrogen and oxygen atoms in total. The number of hydrogen-bond acceptors (Lipinski definition) is 6. The van der Waals surface area contributed by atoms with E-state index in [1.165, 1.54) is 12.8 Å². The van der Waals surface area contributed by atoms with E-state index < -0.39 is 0 Å². The zero-order valence-corrected chi connectivity index (χ0v) is 21.0. The summed E-state index contributed by atoms with van der Waals surface area (Å²) >= 11 is 3.53. The molecule has 0 saturated heterocycles. The Balaban J connectivity index is 0.00000187. The lowest BCUT2D eigenvalue weighted by atomic mass is 9.98. The molecule has 0 radical (unpaired) electrons. The van der Waals surface area contributed by atoms with Crippen LogP contribution in [-0.2, 0) is 6.42 Å². The summed E-state index contributed by atoms with van der Waals surface area (Å²) < 4.78 is 11.8. The lowest BCUT2D eigenvalue weighted by Gasteiger charge is -2.08. The number of furan rings is 1. The fraction of sp³-hybridized carbons (Fsp3) is 0.444. The SMILES string of the molecule is CCCCNCCCOc1ccc(C(=O)c2c(CCCC)oc3ccc(N)cc23)cc1.CS. The topological polar surface area (TPSA) is 77.5 Å². The molecule has 0 aliphatic rings. The number of rotatable bonds is 13. The third-order valence-electron chi connectivity index (χ3n) is 5.36. The first-order valence-electron chi connectivity index (χ1n) is 11.9. The van der Waals surface area contributed by atoms with Crippen molar-refractivity contribution in [1.82, 2.24) is 5.32 Å². The summed E-state index contributed by atoms with van der Waals surface area (Å²) in [5.74, 6) is 1.48. The van der Waals surface area contributed by atoms with Gasteiger partial charge in [0.1, 0.15) is 17.1 Å². The molecule has 6 heteroatoms. The Morgan fingerprint density at radius 2 is 1.70 bits per heavy atom. The number of benzene rings is 2. The van der Waals surface area contributed by atoms with Crippen molar-refractivity contribution in [3.8, 4) is 5.75 Å². The maximum atomic E-state index is 13.4. The molecule has 3 rings (SSSR count). The van der Waals surface area contributed by atoms with Gasteiger partial charge in [-0.25, -0.2) is 0 Å². The van der Waals surface area contributed by atoms with Crippen LogP contribution < -0.4 is 15.8 Å². The zero-order valence-electron chi connectivity index (χ0n) is 20.2. The monoisotopic (exact) mass is 470 g/mol. The maximum Gasteiger partial charge on any atom is 0.197 e. The number of nitrogens with one attached hydrogen (secondary N) is 1. The molecule has 3 N–H and O–H groups in total. The molecule has 0 spiro atoms. The number of carbonyl (C=O) groups is 1. The van der Waals surface area contributed by atoms with Crippen molar-refractivity contribution < 1.29 is 13.9 Å². The van der Waals surface area contributed by atoms with Crippen LogP contribution in [0.3, 0.4) is 0 Å². The van der Waals surface area contributed by atoms with Crippen molar-refractivity contribution in [1.29, 1.82) is 0 Å². The average Bonchev–Trinajstić information content (AvgIpc) is 3.20. The molecule has 33 heavy (non-hydrogen) atoms. The number of ketones is 1. The van der Waals surface area contributed by atoms with E-state index in [2.05, 4.69) is 31.8 Å². The molecule has 0 aliphatic heterocycles. The number of carbonyl (C=O) groups excluding carboxylic acids is 1. The Morgan fingerprint density at radius 1 is 1.00 bits per heavy atom. The molecule has 3 aromatic rings. The normalized spacial score (nSPS) is 10.7. The standard InChI is InChI=1S/C26H34N2O3.CH4S/c1-3-5-8-24-25(22-18-20(27)11-14-23(22)31-24)26(29)19-9-12-21(13-10-19)30-17-7-16-28-15-6-4-2;1-2/h9-14,18,28H,3-8,15-17,27H2,1-2H3;2H,1H3. The highest BCUT2D eigenvalue weighted by Gasteiger charge is 2.22. The van der Waals surface area contributed by atoms with E-state index in [0.29, 0.717) is 29.0 Å².